The number of alkyl halides is 1. The molecular formula is C23H18ClN5O. The lowest BCUT2D eigenvalue weighted by Gasteiger charge is -2.23. The molecule has 0 bridgehead atoms. The van der Waals surface area contributed by atoms with Gasteiger partial charge in [-0.05, 0) is 54.1 Å². The monoisotopic (exact) mass is 415 g/mol. The van der Waals surface area contributed by atoms with Crippen LogP contribution in [0.1, 0.15) is 15.9 Å². The van der Waals surface area contributed by atoms with Crippen LogP contribution in [0.4, 0.5) is 23.0 Å². The Morgan fingerprint density at radius 2 is 1.60 bits per heavy atom. The molecule has 1 N–H and O–H groups in total. The molecule has 7 heteroatoms. The van der Waals surface area contributed by atoms with Crippen LogP contribution in [0.15, 0.2) is 91.5 Å². The van der Waals surface area contributed by atoms with E-state index in [0.717, 1.165) is 16.9 Å². The van der Waals surface area contributed by atoms with Crippen LogP contribution in [0, 0.1) is 0 Å². The van der Waals surface area contributed by atoms with E-state index in [2.05, 4.69) is 20.3 Å². The molecule has 4 aromatic rings. The second kappa shape index (κ2) is 9.15. The van der Waals surface area contributed by atoms with Gasteiger partial charge in [-0.1, -0.05) is 18.2 Å². The smallest absolute Gasteiger partial charge is 0.255 e. The van der Waals surface area contributed by atoms with Crippen molar-refractivity contribution in [2.24, 2.45) is 0 Å². The molecule has 1 amide bonds. The van der Waals surface area contributed by atoms with Crippen LogP contribution in [-0.4, -0.2) is 20.9 Å². The Morgan fingerprint density at radius 3 is 2.30 bits per heavy atom. The third-order valence-corrected chi connectivity index (χ3v) is 4.71. The summed E-state index contributed by atoms with van der Waals surface area (Å²) in [6, 6.07) is 20.2. The first-order chi connectivity index (χ1) is 14.7. The number of carbonyl (C=O) groups excluding carboxylic acids is 1. The first-order valence-corrected chi connectivity index (χ1v) is 9.81. The first-order valence-electron chi connectivity index (χ1n) is 9.28. The third kappa shape index (κ3) is 4.45. The second-order valence-corrected chi connectivity index (χ2v) is 6.69. The van der Waals surface area contributed by atoms with Gasteiger partial charge in [-0.3, -0.25) is 14.7 Å². The lowest BCUT2D eigenvalue weighted by Crippen LogP contribution is -2.15. The Bertz CT molecular complexity index is 1080. The predicted molar refractivity (Wildman–Crippen MR) is 118 cm³/mol. The van der Waals surface area contributed by atoms with Gasteiger partial charge in [0, 0.05) is 41.9 Å². The molecule has 0 fully saturated rings. The minimum Gasteiger partial charge on any atom is -0.322 e. The average molecular weight is 416 g/mol. The highest BCUT2D eigenvalue weighted by Gasteiger charge is 2.15. The Hall–Kier alpha value is -3.77. The maximum absolute atomic E-state index is 12.6. The van der Waals surface area contributed by atoms with Gasteiger partial charge in [-0.15, -0.1) is 11.6 Å². The molecule has 0 unspecified atom stereocenters. The fraction of sp³-hybridized carbons (Fsp3) is 0.0435. The molecule has 0 aliphatic rings. The highest BCUT2D eigenvalue weighted by atomic mass is 35.5. The van der Waals surface area contributed by atoms with Crippen LogP contribution >= 0.6 is 11.6 Å². The van der Waals surface area contributed by atoms with Gasteiger partial charge in [-0.25, -0.2) is 9.97 Å². The fourth-order valence-corrected chi connectivity index (χ4v) is 3.13. The third-order valence-electron chi connectivity index (χ3n) is 4.41. The number of rotatable bonds is 6. The lowest BCUT2D eigenvalue weighted by atomic mass is 10.1. The largest absolute Gasteiger partial charge is 0.322 e. The summed E-state index contributed by atoms with van der Waals surface area (Å²) in [4.78, 5) is 27.4. The van der Waals surface area contributed by atoms with E-state index in [1.807, 2.05) is 53.4 Å². The zero-order chi connectivity index (χ0) is 20.8. The predicted octanol–water partition coefficient (Wildman–Crippen LogP) is 5.33. The van der Waals surface area contributed by atoms with Gasteiger partial charge in [0.05, 0.1) is 11.4 Å². The van der Waals surface area contributed by atoms with Crippen LogP contribution in [0.25, 0.3) is 0 Å². The van der Waals surface area contributed by atoms with Crippen molar-refractivity contribution < 1.29 is 4.79 Å². The van der Waals surface area contributed by atoms with Gasteiger partial charge < -0.3 is 5.32 Å². The number of anilines is 4. The van der Waals surface area contributed by atoms with Crippen LogP contribution < -0.4 is 10.2 Å². The summed E-state index contributed by atoms with van der Waals surface area (Å²) in [6.07, 6.45) is 6.79. The number of pyridine rings is 1. The molecule has 2 aromatic heterocycles. The van der Waals surface area contributed by atoms with Crippen molar-refractivity contribution >= 4 is 40.5 Å². The van der Waals surface area contributed by atoms with Gasteiger partial charge >= 0.3 is 0 Å². The highest BCUT2D eigenvalue weighted by Crippen LogP contribution is 2.32. The number of carbonyl (C=O) groups is 1. The maximum atomic E-state index is 12.6. The SMILES string of the molecule is O=C(Nc1cccc(N(c2ccncc2)c2ncccn2)c1)c1ccc(CCl)cc1. The summed E-state index contributed by atoms with van der Waals surface area (Å²) in [5.74, 6) is 0.736. The summed E-state index contributed by atoms with van der Waals surface area (Å²) < 4.78 is 0. The van der Waals surface area contributed by atoms with Gasteiger partial charge in [-0.2, -0.15) is 0 Å². The minimum atomic E-state index is -0.195. The van der Waals surface area contributed by atoms with Crippen molar-refractivity contribution in [3.63, 3.8) is 0 Å². The summed E-state index contributed by atoms with van der Waals surface area (Å²) >= 11 is 5.82. The molecule has 2 aromatic carbocycles. The Morgan fingerprint density at radius 1 is 0.867 bits per heavy atom. The molecule has 0 spiro atoms. The van der Waals surface area contributed by atoms with E-state index in [0.29, 0.717) is 23.1 Å². The van der Waals surface area contributed by atoms with Crippen molar-refractivity contribution in [2.45, 2.75) is 5.88 Å². The molecule has 0 aliphatic carbocycles. The van der Waals surface area contributed by atoms with Crippen LogP contribution in [-0.2, 0) is 5.88 Å². The molecule has 0 radical (unpaired) electrons. The number of hydrogen-bond donors (Lipinski definition) is 1. The Kier molecular flexibility index (Phi) is 5.96. The normalized spacial score (nSPS) is 10.4. The quantitative estimate of drug-likeness (QED) is 0.431. The first kappa shape index (κ1) is 19.5. The van der Waals surface area contributed by atoms with Crippen LogP contribution in [0.5, 0.6) is 0 Å². The summed E-state index contributed by atoms with van der Waals surface area (Å²) in [6.45, 7) is 0. The number of aromatic nitrogens is 3. The van der Waals surface area contributed by atoms with Crippen molar-refractivity contribution in [1.29, 1.82) is 0 Å². The minimum absolute atomic E-state index is 0.195. The topological polar surface area (TPSA) is 71.0 Å². The molecular weight excluding hydrogens is 398 g/mol. The lowest BCUT2D eigenvalue weighted by molar-refractivity contribution is 0.102. The van der Waals surface area contributed by atoms with Gasteiger partial charge in [0.1, 0.15) is 0 Å². The molecule has 0 saturated carbocycles. The molecule has 0 atom stereocenters. The van der Waals surface area contributed by atoms with Crippen molar-refractivity contribution in [3.8, 4) is 0 Å². The van der Waals surface area contributed by atoms with E-state index < -0.39 is 0 Å². The van der Waals surface area contributed by atoms with Crippen molar-refractivity contribution in [1.82, 2.24) is 15.0 Å². The number of amides is 1. The number of hydrogen-bond acceptors (Lipinski definition) is 5. The summed E-state index contributed by atoms with van der Waals surface area (Å²) in [5.41, 5.74) is 3.85. The van der Waals surface area contributed by atoms with Crippen molar-refractivity contribution in [2.75, 3.05) is 10.2 Å². The second-order valence-electron chi connectivity index (χ2n) is 6.42. The molecule has 0 saturated heterocycles. The van der Waals surface area contributed by atoms with E-state index in [1.54, 1.807) is 43.0 Å². The van der Waals surface area contributed by atoms with E-state index in [9.17, 15) is 4.79 Å². The Labute approximate surface area is 179 Å². The molecule has 30 heavy (non-hydrogen) atoms. The molecule has 2 heterocycles. The average Bonchev–Trinajstić information content (AvgIpc) is 2.81. The molecule has 0 aliphatic heterocycles. The van der Waals surface area contributed by atoms with Gasteiger partial charge in [0.2, 0.25) is 5.95 Å². The molecule has 4 rings (SSSR count). The standard InChI is InChI=1S/C23H18ClN5O/c24-16-17-5-7-18(8-6-17)22(30)28-19-3-1-4-21(15-19)29(20-9-13-25-14-10-20)23-26-11-2-12-27-23/h1-15H,16H2,(H,28,30). The number of nitrogens with zero attached hydrogens (tertiary/aromatic N) is 4. The van der Waals surface area contributed by atoms with E-state index in [4.69, 9.17) is 11.6 Å². The number of halogens is 1. The highest BCUT2D eigenvalue weighted by molar-refractivity contribution is 6.17. The zero-order valence-corrected chi connectivity index (χ0v) is 16.7. The van der Waals surface area contributed by atoms with Crippen LogP contribution in [0.3, 0.4) is 0 Å². The van der Waals surface area contributed by atoms with Crippen LogP contribution in [0.2, 0.25) is 0 Å². The summed E-state index contributed by atoms with van der Waals surface area (Å²) in [5, 5.41) is 2.94. The summed E-state index contributed by atoms with van der Waals surface area (Å²) in [7, 11) is 0. The van der Waals surface area contributed by atoms with Gasteiger partial charge in [0.25, 0.3) is 5.91 Å². The van der Waals surface area contributed by atoms with Crippen molar-refractivity contribution in [3.05, 3.63) is 103 Å². The fourth-order valence-electron chi connectivity index (χ4n) is 2.95. The molecule has 148 valence electrons. The Balaban J connectivity index is 1.64. The van der Waals surface area contributed by atoms with E-state index in [1.165, 1.54) is 0 Å². The van der Waals surface area contributed by atoms with E-state index >= 15 is 0 Å². The number of benzene rings is 2. The molecule has 6 nitrogen and oxygen atoms in total. The zero-order valence-electron chi connectivity index (χ0n) is 15.9. The maximum Gasteiger partial charge on any atom is 0.255 e. The number of nitrogens with one attached hydrogen (secondary N) is 1. The van der Waals surface area contributed by atoms with E-state index in [-0.39, 0.29) is 5.91 Å². The van der Waals surface area contributed by atoms with Gasteiger partial charge in [0.15, 0.2) is 0 Å².